The summed E-state index contributed by atoms with van der Waals surface area (Å²) in [5.74, 6) is -0.109. The second-order valence-electron chi connectivity index (χ2n) is 7.55. The molecule has 142 valence electrons. The van der Waals surface area contributed by atoms with Gasteiger partial charge in [-0.2, -0.15) is 0 Å². The van der Waals surface area contributed by atoms with Gasteiger partial charge in [-0.15, -0.1) is 0 Å². The molecule has 0 bridgehead atoms. The predicted octanol–water partition coefficient (Wildman–Crippen LogP) is 1.30. The van der Waals surface area contributed by atoms with Crippen LogP contribution >= 0.6 is 0 Å². The van der Waals surface area contributed by atoms with Gasteiger partial charge in [0.05, 0.1) is 6.54 Å². The number of likely N-dealkylation sites (tertiary alicyclic amines) is 1. The van der Waals surface area contributed by atoms with E-state index in [1.54, 1.807) is 6.07 Å². The van der Waals surface area contributed by atoms with Crippen LogP contribution in [-0.2, 0) is 11.3 Å². The minimum absolute atomic E-state index is 0.278. The summed E-state index contributed by atoms with van der Waals surface area (Å²) in [4.78, 5) is 30.6. The van der Waals surface area contributed by atoms with Gasteiger partial charge >= 0.3 is 0 Å². The molecule has 1 unspecified atom stereocenters. The van der Waals surface area contributed by atoms with Gasteiger partial charge in [-0.3, -0.25) is 19.4 Å². The number of hydrogen-bond acceptors (Lipinski definition) is 4. The van der Waals surface area contributed by atoms with Crippen molar-refractivity contribution in [1.29, 1.82) is 0 Å². The number of carbonyl (C=O) groups is 2. The summed E-state index contributed by atoms with van der Waals surface area (Å²) in [5, 5.41) is 0. The van der Waals surface area contributed by atoms with Crippen molar-refractivity contribution >= 4 is 11.8 Å². The maximum absolute atomic E-state index is 12.6. The van der Waals surface area contributed by atoms with E-state index in [-0.39, 0.29) is 11.8 Å². The Morgan fingerprint density at radius 1 is 1.08 bits per heavy atom. The normalized spacial score (nSPS) is 22.3. The molecule has 1 aromatic carbocycles. The average Bonchev–Trinajstić information content (AvgIpc) is 2.64. The molecule has 2 N–H and O–H groups in total. The van der Waals surface area contributed by atoms with E-state index in [1.807, 2.05) is 18.2 Å². The number of benzene rings is 1. The van der Waals surface area contributed by atoms with Crippen molar-refractivity contribution in [1.82, 2.24) is 14.7 Å². The molecule has 2 aliphatic heterocycles. The Kier molecular flexibility index (Phi) is 6.27. The minimum Gasteiger partial charge on any atom is -0.366 e. The summed E-state index contributed by atoms with van der Waals surface area (Å²) >= 11 is 0. The molecule has 0 radical (unpaired) electrons. The molecule has 3 rings (SSSR count). The number of primary amides is 1. The van der Waals surface area contributed by atoms with Crippen molar-refractivity contribution in [2.75, 3.05) is 39.3 Å². The van der Waals surface area contributed by atoms with E-state index < -0.39 is 0 Å². The van der Waals surface area contributed by atoms with Crippen LogP contribution in [0.1, 0.15) is 42.1 Å². The molecule has 0 aromatic heterocycles. The highest BCUT2D eigenvalue weighted by Gasteiger charge is 2.26. The number of amides is 2. The lowest BCUT2D eigenvalue weighted by atomic mass is 10.0. The third kappa shape index (κ3) is 4.83. The highest BCUT2D eigenvalue weighted by molar-refractivity contribution is 5.92. The van der Waals surface area contributed by atoms with Crippen LogP contribution in [0.5, 0.6) is 0 Å². The van der Waals surface area contributed by atoms with E-state index in [1.165, 1.54) is 6.42 Å². The van der Waals surface area contributed by atoms with Gasteiger partial charge in [0.1, 0.15) is 0 Å². The molecule has 2 amide bonds. The Labute approximate surface area is 155 Å². The molecular weight excluding hydrogens is 328 g/mol. The lowest BCUT2D eigenvalue weighted by Gasteiger charge is -2.38. The number of piperazine rings is 1. The Balaban J connectivity index is 1.46. The topological polar surface area (TPSA) is 69.9 Å². The molecule has 0 aliphatic carbocycles. The first-order valence-electron chi connectivity index (χ1n) is 9.66. The molecule has 2 saturated heterocycles. The molecule has 6 heteroatoms. The zero-order valence-corrected chi connectivity index (χ0v) is 15.7. The monoisotopic (exact) mass is 358 g/mol. The van der Waals surface area contributed by atoms with Crippen LogP contribution in [0, 0.1) is 0 Å². The molecule has 0 saturated carbocycles. The summed E-state index contributed by atoms with van der Waals surface area (Å²) in [5.41, 5.74) is 7.02. The largest absolute Gasteiger partial charge is 0.366 e. The van der Waals surface area contributed by atoms with Crippen LogP contribution in [0.15, 0.2) is 24.3 Å². The van der Waals surface area contributed by atoms with Crippen LogP contribution in [0.25, 0.3) is 0 Å². The van der Waals surface area contributed by atoms with E-state index in [0.29, 0.717) is 18.2 Å². The number of nitrogens with two attached hydrogens (primary N) is 1. The molecule has 2 fully saturated rings. The molecular formula is C20H30N4O2. The second kappa shape index (κ2) is 8.64. The Morgan fingerprint density at radius 2 is 1.81 bits per heavy atom. The summed E-state index contributed by atoms with van der Waals surface area (Å²) < 4.78 is 0. The number of hydrogen-bond donors (Lipinski definition) is 1. The van der Waals surface area contributed by atoms with Gasteiger partial charge in [0.2, 0.25) is 11.8 Å². The molecule has 26 heavy (non-hydrogen) atoms. The standard InChI is InChI=1S/C20H30N4O2/c1-16-5-2-3-8-24(16)19(25)15-23-11-9-22(10-12-23)14-17-6-4-7-18(13-17)20(21)26/h4,6-7,13,16H,2-3,5,8-12,14-15H2,1H3,(H2,21,26). The van der Waals surface area contributed by atoms with E-state index in [0.717, 1.165) is 57.7 Å². The molecule has 1 atom stereocenters. The lowest BCUT2D eigenvalue weighted by molar-refractivity contribution is -0.136. The maximum atomic E-state index is 12.6. The van der Waals surface area contributed by atoms with Gasteiger partial charge in [0.15, 0.2) is 0 Å². The zero-order valence-electron chi connectivity index (χ0n) is 15.7. The van der Waals surface area contributed by atoms with Gasteiger partial charge in [-0.25, -0.2) is 0 Å². The fourth-order valence-electron chi connectivity index (χ4n) is 3.94. The highest BCUT2D eigenvalue weighted by atomic mass is 16.2. The maximum Gasteiger partial charge on any atom is 0.248 e. The summed E-state index contributed by atoms with van der Waals surface area (Å²) in [6, 6.07) is 7.91. The molecule has 1 aromatic rings. The van der Waals surface area contributed by atoms with Crippen LogP contribution in [0.3, 0.4) is 0 Å². The molecule has 2 heterocycles. The van der Waals surface area contributed by atoms with Crippen LogP contribution in [-0.4, -0.2) is 71.8 Å². The van der Waals surface area contributed by atoms with Gasteiger partial charge in [0, 0.05) is 50.9 Å². The summed E-state index contributed by atoms with van der Waals surface area (Å²) in [7, 11) is 0. The van der Waals surface area contributed by atoms with Gasteiger partial charge < -0.3 is 10.6 Å². The first-order chi connectivity index (χ1) is 12.5. The van der Waals surface area contributed by atoms with Crippen molar-refractivity contribution < 1.29 is 9.59 Å². The third-order valence-corrected chi connectivity index (χ3v) is 5.56. The second-order valence-corrected chi connectivity index (χ2v) is 7.55. The van der Waals surface area contributed by atoms with E-state index in [4.69, 9.17) is 5.73 Å². The Hall–Kier alpha value is -1.92. The lowest BCUT2D eigenvalue weighted by Crippen LogP contribution is -2.51. The fraction of sp³-hybridized carbons (Fsp3) is 0.600. The first-order valence-corrected chi connectivity index (χ1v) is 9.66. The summed E-state index contributed by atoms with van der Waals surface area (Å²) in [6.07, 6.45) is 3.50. The Morgan fingerprint density at radius 3 is 2.50 bits per heavy atom. The van der Waals surface area contributed by atoms with Gasteiger partial charge in [-0.1, -0.05) is 12.1 Å². The minimum atomic E-state index is -0.387. The van der Waals surface area contributed by atoms with Crippen molar-refractivity contribution in [3.63, 3.8) is 0 Å². The molecule has 6 nitrogen and oxygen atoms in total. The first kappa shape index (κ1) is 18.9. The quantitative estimate of drug-likeness (QED) is 0.861. The van der Waals surface area contributed by atoms with Gasteiger partial charge in [0.25, 0.3) is 0 Å². The smallest absolute Gasteiger partial charge is 0.248 e. The van der Waals surface area contributed by atoms with Crippen molar-refractivity contribution in [3.05, 3.63) is 35.4 Å². The van der Waals surface area contributed by atoms with Crippen LogP contribution < -0.4 is 5.73 Å². The average molecular weight is 358 g/mol. The van der Waals surface area contributed by atoms with Crippen molar-refractivity contribution in [3.8, 4) is 0 Å². The number of piperidine rings is 1. The molecule has 2 aliphatic rings. The van der Waals surface area contributed by atoms with Gasteiger partial charge in [-0.05, 0) is 43.9 Å². The number of nitrogens with zero attached hydrogens (tertiary/aromatic N) is 3. The highest BCUT2D eigenvalue weighted by Crippen LogP contribution is 2.17. The SMILES string of the molecule is CC1CCCCN1C(=O)CN1CCN(Cc2cccc(C(N)=O)c2)CC1. The summed E-state index contributed by atoms with van der Waals surface area (Å²) in [6.45, 7) is 8.10. The van der Waals surface area contributed by atoms with Crippen LogP contribution in [0.2, 0.25) is 0 Å². The Bertz CT molecular complexity index is 640. The zero-order chi connectivity index (χ0) is 18.5. The third-order valence-electron chi connectivity index (χ3n) is 5.56. The van der Waals surface area contributed by atoms with E-state index in [9.17, 15) is 9.59 Å². The van der Waals surface area contributed by atoms with Crippen molar-refractivity contribution in [2.24, 2.45) is 5.73 Å². The fourth-order valence-corrected chi connectivity index (χ4v) is 3.94. The number of rotatable bonds is 5. The van der Waals surface area contributed by atoms with Crippen LogP contribution in [0.4, 0.5) is 0 Å². The molecule has 0 spiro atoms. The predicted molar refractivity (Wildman–Crippen MR) is 102 cm³/mol. The van der Waals surface area contributed by atoms with E-state index in [2.05, 4.69) is 21.6 Å². The number of carbonyl (C=O) groups excluding carboxylic acids is 2. The van der Waals surface area contributed by atoms with E-state index >= 15 is 0 Å². The van der Waals surface area contributed by atoms with Crippen molar-refractivity contribution in [2.45, 2.75) is 38.8 Å².